The van der Waals surface area contributed by atoms with Crippen LogP contribution < -0.4 is 10.5 Å². The molecule has 2 nitrogen and oxygen atoms in total. The molecule has 1 aliphatic rings. The molecule has 0 aromatic heterocycles. The Morgan fingerprint density at radius 1 is 1.33 bits per heavy atom. The average Bonchev–Trinajstić information content (AvgIpc) is 2.32. The third-order valence-corrected chi connectivity index (χ3v) is 4.45. The maximum atomic E-state index is 6.69. The van der Waals surface area contributed by atoms with E-state index in [0.717, 1.165) is 18.6 Å². The minimum Gasteiger partial charge on any atom is -0.496 e. The molecular formula is C16H25NO. The zero-order valence-corrected chi connectivity index (χ0v) is 12.0. The number of rotatable bonds is 2. The van der Waals surface area contributed by atoms with Gasteiger partial charge in [0.05, 0.1) is 7.11 Å². The fourth-order valence-electron chi connectivity index (χ4n) is 3.28. The van der Waals surface area contributed by atoms with Crippen molar-refractivity contribution in [1.29, 1.82) is 0 Å². The van der Waals surface area contributed by atoms with Gasteiger partial charge in [0.1, 0.15) is 5.75 Å². The van der Waals surface area contributed by atoms with E-state index < -0.39 is 0 Å². The van der Waals surface area contributed by atoms with E-state index in [1.54, 1.807) is 7.11 Å². The third kappa shape index (κ3) is 2.26. The minimum absolute atomic E-state index is 0.207. The molecule has 1 saturated carbocycles. The van der Waals surface area contributed by atoms with Crippen molar-refractivity contribution in [3.8, 4) is 5.75 Å². The SMILES string of the molecule is COc1c(C2(N)CCCC(C)C2)ccc(C)c1C. The maximum absolute atomic E-state index is 6.69. The lowest BCUT2D eigenvalue weighted by Crippen LogP contribution is -2.41. The van der Waals surface area contributed by atoms with Gasteiger partial charge in [-0.15, -0.1) is 0 Å². The number of aryl methyl sites for hydroxylation is 1. The fourth-order valence-corrected chi connectivity index (χ4v) is 3.28. The number of hydrogen-bond donors (Lipinski definition) is 1. The van der Waals surface area contributed by atoms with Crippen LogP contribution in [0.2, 0.25) is 0 Å². The van der Waals surface area contributed by atoms with E-state index in [-0.39, 0.29) is 5.54 Å². The highest BCUT2D eigenvalue weighted by Gasteiger charge is 2.35. The standard InChI is InChI=1S/C16H25NO/c1-11-6-5-9-16(17,10-11)14-8-7-12(2)13(3)15(14)18-4/h7-8,11H,5-6,9-10,17H2,1-4H3. The van der Waals surface area contributed by atoms with Crippen molar-refractivity contribution in [1.82, 2.24) is 0 Å². The van der Waals surface area contributed by atoms with E-state index in [9.17, 15) is 0 Å². The van der Waals surface area contributed by atoms with Crippen LogP contribution in [0, 0.1) is 19.8 Å². The summed E-state index contributed by atoms with van der Waals surface area (Å²) in [5, 5.41) is 0. The quantitative estimate of drug-likeness (QED) is 0.865. The van der Waals surface area contributed by atoms with Gasteiger partial charge in [-0.1, -0.05) is 31.9 Å². The second-order valence-corrected chi connectivity index (χ2v) is 5.95. The first-order valence-corrected chi connectivity index (χ1v) is 6.91. The van der Waals surface area contributed by atoms with Crippen LogP contribution in [0.5, 0.6) is 5.75 Å². The van der Waals surface area contributed by atoms with Crippen LogP contribution in [0.1, 0.15) is 49.3 Å². The van der Waals surface area contributed by atoms with E-state index in [1.165, 1.54) is 29.5 Å². The van der Waals surface area contributed by atoms with Crippen molar-refractivity contribution < 1.29 is 4.74 Å². The van der Waals surface area contributed by atoms with Gasteiger partial charge < -0.3 is 10.5 Å². The van der Waals surface area contributed by atoms with Gasteiger partial charge in [-0.25, -0.2) is 0 Å². The molecule has 1 fully saturated rings. The molecule has 2 heteroatoms. The van der Waals surface area contributed by atoms with E-state index in [4.69, 9.17) is 10.5 Å². The van der Waals surface area contributed by atoms with Gasteiger partial charge in [0.2, 0.25) is 0 Å². The van der Waals surface area contributed by atoms with Crippen molar-refractivity contribution >= 4 is 0 Å². The van der Waals surface area contributed by atoms with Crippen molar-refractivity contribution in [3.05, 3.63) is 28.8 Å². The zero-order chi connectivity index (χ0) is 13.3. The number of benzene rings is 1. The van der Waals surface area contributed by atoms with E-state index in [1.807, 2.05) is 0 Å². The first-order chi connectivity index (χ1) is 8.48. The molecule has 0 amide bonds. The summed E-state index contributed by atoms with van der Waals surface area (Å²) < 4.78 is 5.63. The minimum atomic E-state index is -0.207. The van der Waals surface area contributed by atoms with Crippen molar-refractivity contribution in [3.63, 3.8) is 0 Å². The summed E-state index contributed by atoms with van der Waals surface area (Å²) in [6, 6.07) is 4.33. The van der Waals surface area contributed by atoms with Crippen molar-refractivity contribution in [2.24, 2.45) is 11.7 Å². The van der Waals surface area contributed by atoms with Crippen LogP contribution in [0.15, 0.2) is 12.1 Å². The van der Waals surface area contributed by atoms with Crippen LogP contribution >= 0.6 is 0 Å². The molecule has 0 bridgehead atoms. The number of methoxy groups -OCH3 is 1. The molecule has 1 aliphatic carbocycles. The Hall–Kier alpha value is -1.02. The van der Waals surface area contributed by atoms with Crippen LogP contribution in [0.3, 0.4) is 0 Å². The molecule has 2 rings (SSSR count). The van der Waals surface area contributed by atoms with Gasteiger partial charge in [-0.3, -0.25) is 0 Å². The molecule has 2 atom stereocenters. The maximum Gasteiger partial charge on any atom is 0.127 e. The van der Waals surface area contributed by atoms with Crippen LogP contribution in [-0.4, -0.2) is 7.11 Å². The molecule has 0 heterocycles. The molecule has 100 valence electrons. The largest absolute Gasteiger partial charge is 0.496 e. The summed E-state index contributed by atoms with van der Waals surface area (Å²) in [4.78, 5) is 0. The smallest absolute Gasteiger partial charge is 0.127 e. The van der Waals surface area contributed by atoms with Crippen LogP contribution in [0.25, 0.3) is 0 Å². The predicted molar refractivity (Wildman–Crippen MR) is 76.0 cm³/mol. The number of nitrogens with two attached hydrogens (primary N) is 1. The molecule has 0 saturated heterocycles. The fraction of sp³-hybridized carbons (Fsp3) is 0.625. The molecule has 1 aromatic rings. The highest BCUT2D eigenvalue weighted by molar-refractivity contribution is 5.48. The molecule has 18 heavy (non-hydrogen) atoms. The Bertz CT molecular complexity index is 441. The summed E-state index contributed by atoms with van der Waals surface area (Å²) in [6.45, 7) is 6.54. The van der Waals surface area contributed by atoms with Gasteiger partial charge in [-0.05, 0) is 43.7 Å². The predicted octanol–water partition coefficient (Wildman–Crippen LogP) is 3.68. The number of ether oxygens (including phenoxy) is 1. The molecule has 0 spiro atoms. The van der Waals surface area contributed by atoms with Crippen LogP contribution in [0.4, 0.5) is 0 Å². The average molecular weight is 247 g/mol. The summed E-state index contributed by atoms with van der Waals surface area (Å²) in [7, 11) is 1.75. The summed E-state index contributed by atoms with van der Waals surface area (Å²) in [5.41, 5.74) is 10.2. The summed E-state index contributed by atoms with van der Waals surface area (Å²) in [6.07, 6.45) is 4.64. The lowest BCUT2D eigenvalue weighted by Gasteiger charge is -2.38. The summed E-state index contributed by atoms with van der Waals surface area (Å²) in [5.74, 6) is 1.70. The van der Waals surface area contributed by atoms with E-state index >= 15 is 0 Å². The van der Waals surface area contributed by atoms with E-state index in [2.05, 4.69) is 32.9 Å². The second kappa shape index (κ2) is 4.93. The second-order valence-electron chi connectivity index (χ2n) is 5.95. The Morgan fingerprint density at radius 2 is 2.06 bits per heavy atom. The third-order valence-electron chi connectivity index (χ3n) is 4.45. The monoisotopic (exact) mass is 247 g/mol. The Kier molecular flexibility index (Phi) is 3.67. The summed E-state index contributed by atoms with van der Waals surface area (Å²) >= 11 is 0. The normalized spacial score (nSPS) is 28.2. The first kappa shape index (κ1) is 13.4. The highest BCUT2D eigenvalue weighted by Crippen LogP contribution is 2.42. The van der Waals surface area contributed by atoms with Gasteiger partial charge >= 0.3 is 0 Å². The first-order valence-electron chi connectivity index (χ1n) is 6.91. The molecule has 0 radical (unpaired) electrons. The van der Waals surface area contributed by atoms with Gasteiger partial charge in [0, 0.05) is 11.1 Å². The molecule has 2 N–H and O–H groups in total. The Balaban J connectivity index is 2.46. The Labute approximate surface area is 111 Å². The lowest BCUT2D eigenvalue weighted by molar-refractivity contribution is 0.232. The topological polar surface area (TPSA) is 35.2 Å². The van der Waals surface area contributed by atoms with Gasteiger partial charge in [0.25, 0.3) is 0 Å². The Morgan fingerprint density at radius 3 is 2.67 bits per heavy atom. The molecular weight excluding hydrogens is 222 g/mol. The van der Waals surface area contributed by atoms with Crippen molar-refractivity contribution in [2.45, 2.75) is 52.0 Å². The molecule has 0 aliphatic heterocycles. The van der Waals surface area contributed by atoms with E-state index in [0.29, 0.717) is 5.92 Å². The van der Waals surface area contributed by atoms with Crippen LogP contribution in [-0.2, 0) is 5.54 Å². The highest BCUT2D eigenvalue weighted by atomic mass is 16.5. The number of hydrogen-bond acceptors (Lipinski definition) is 2. The van der Waals surface area contributed by atoms with Crippen molar-refractivity contribution in [2.75, 3.05) is 7.11 Å². The zero-order valence-electron chi connectivity index (χ0n) is 12.0. The molecule has 1 aromatic carbocycles. The van der Waals surface area contributed by atoms with Gasteiger partial charge in [0.15, 0.2) is 0 Å². The molecule has 2 unspecified atom stereocenters. The lowest BCUT2D eigenvalue weighted by atomic mass is 9.72. The van der Waals surface area contributed by atoms with Gasteiger partial charge in [-0.2, -0.15) is 0 Å².